The number of carboxylic acids is 1. The van der Waals surface area contributed by atoms with Gasteiger partial charge in [0.25, 0.3) is 0 Å². The number of hydrogen-bond acceptors (Lipinski definition) is 5. The molecule has 118 valence electrons. The van der Waals surface area contributed by atoms with Crippen LogP contribution in [0.5, 0.6) is 0 Å². The zero-order chi connectivity index (χ0) is 16.6. The number of nitrogens with one attached hydrogen (secondary N) is 1. The van der Waals surface area contributed by atoms with Gasteiger partial charge in [-0.2, -0.15) is 0 Å². The zero-order valence-corrected chi connectivity index (χ0v) is 14.3. The first-order valence-electron chi connectivity index (χ1n) is 6.61. The first-order valence-corrected chi connectivity index (χ1v) is 8.28. The lowest BCUT2D eigenvalue weighted by molar-refractivity contribution is -0.133. The van der Waals surface area contributed by atoms with Gasteiger partial charge < -0.3 is 10.4 Å². The minimum atomic E-state index is -1.07. The van der Waals surface area contributed by atoms with E-state index in [4.69, 9.17) is 0 Å². The van der Waals surface area contributed by atoms with E-state index in [1.54, 1.807) is 13.1 Å². The van der Waals surface area contributed by atoms with Gasteiger partial charge in [-0.05, 0) is 24.6 Å². The van der Waals surface area contributed by atoms with Crippen LogP contribution in [0.25, 0.3) is 0 Å². The van der Waals surface area contributed by atoms with Crippen molar-refractivity contribution in [2.75, 3.05) is 0 Å². The molecule has 0 saturated heterocycles. The van der Waals surface area contributed by atoms with Gasteiger partial charge >= 0.3 is 5.97 Å². The second-order valence-corrected chi connectivity index (χ2v) is 6.60. The molecule has 8 heteroatoms. The van der Waals surface area contributed by atoms with Crippen molar-refractivity contribution >= 4 is 39.1 Å². The maximum atomic E-state index is 13.3. The van der Waals surface area contributed by atoms with Crippen LogP contribution in [0.3, 0.4) is 0 Å². The second-order valence-electron chi connectivity index (χ2n) is 4.85. The number of carboxylic acid groups (broad SMARTS) is 1. The van der Waals surface area contributed by atoms with Gasteiger partial charge in [0, 0.05) is 21.7 Å². The summed E-state index contributed by atoms with van der Waals surface area (Å²) in [5, 5.41) is 15.0. The van der Waals surface area contributed by atoms with Gasteiger partial charge in [0.2, 0.25) is 0 Å². The topological polar surface area (TPSA) is 74.6 Å². The molecule has 5 nitrogen and oxygen atoms in total. The van der Waals surface area contributed by atoms with Crippen molar-refractivity contribution in [3.8, 4) is 0 Å². The molecule has 2 heterocycles. The SMILES string of the molecule is CC1=C(C(=O)O)C(c2ccc(F)cc2Br)N=C(c2nccs2)N1. The molecule has 1 atom stereocenters. The Hall–Kier alpha value is -2.06. The molecule has 3 rings (SSSR count). The van der Waals surface area contributed by atoms with E-state index in [2.05, 4.69) is 31.2 Å². The number of aromatic nitrogens is 1. The van der Waals surface area contributed by atoms with Crippen LogP contribution in [-0.4, -0.2) is 21.9 Å². The lowest BCUT2D eigenvalue weighted by Crippen LogP contribution is -2.32. The van der Waals surface area contributed by atoms with Crippen molar-refractivity contribution in [2.45, 2.75) is 13.0 Å². The number of allylic oxidation sites excluding steroid dienone is 1. The Balaban J connectivity index is 2.14. The minimum Gasteiger partial charge on any atom is -0.478 e. The Morgan fingerprint density at radius 1 is 1.48 bits per heavy atom. The van der Waals surface area contributed by atoms with Crippen LogP contribution in [0, 0.1) is 5.82 Å². The predicted molar refractivity (Wildman–Crippen MR) is 89.0 cm³/mol. The van der Waals surface area contributed by atoms with E-state index in [1.807, 2.05) is 5.38 Å². The number of aliphatic carboxylic acids is 1. The number of carbonyl (C=O) groups is 1. The molecule has 0 spiro atoms. The average molecular weight is 396 g/mol. The molecule has 2 N–H and O–H groups in total. The monoisotopic (exact) mass is 395 g/mol. The maximum absolute atomic E-state index is 13.3. The van der Waals surface area contributed by atoms with Gasteiger partial charge in [-0.25, -0.2) is 14.2 Å². The molecule has 2 aromatic rings. The average Bonchev–Trinajstić information content (AvgIpc) is 3.00. The highest BCUT2D eigenvalue weighted by Gasteiger charge is 2.31. The molecule has 1 aliphatic rings. The van der Waals surface area contributed by atoms with E-state index < -0.39 is 17.8 Å². The molecule has 0 saturated carbocycles. The van der Waals surface area contributed by atoms with Crippen molar-refractivity contribution in [1.29, 1.82) is 0 Å². The van der Waals surface area contributed by atoms with Crippen LogP contribution in [0.2, 0.25) is 0 Å². The van der Waals surface area contributed by atoms with Crippen LogP contribution < -0.4 is 5.32 Å². The fraction of sp³-hybridized carbons (Fsp3) is 0.133. The zero-order valence-electron chi connectivity index (χ0n) is 11.9. The number of thiazole rings is 1. The largest absolute Gasteiger partial charge is 0.478 e. The molecule has 0 amide bonds. The Kier molecular flexibility index (Phi) is 4.27. The smallest absolute Gasteiger partial charge is 0.335 e. The predicted octanol–water partition coefficient (Wildman–Crippen LogP) is 3.49. The Morgan fingerprint density at radius 2 is 2.26 bits per heavy atom. The summed E-state index contributed by atoms with van der Waals surface area (Å²) >= 11 is 4.69. The van der Waals surface area contributed by atoms with Crippen LogP contribution in [0.15, 0.2) is 50.5 Å². The molecule has 23 heavy (non-hydrogen) atoms. The van der Waals surface area contributed by atoms with E-state index >= 15 is 0 Å². The summed E-state index contributed by atoms with van der Waals surface area (Å²) in [4.78, 5) is 20.3. The fourth-order valence-corrected chi connectivity index (χ4v) is 3.51. The summed E-state index contributed by atoms with van der Waals surface area (Å²) in [7, 11) is 0. The third kappa shape index (κ3) is 3.04. The van der Waals surface area contributed by atoms with Gasteiger partial charge in [0.15, 0.2) is 10.8 Å². The lowest BCUT2D eigenvalue weighted by Gasteiger charge is -2.25. The van der Waals surface area contributed by atoms with Crippen molar-refractivity contribution in [3.63, 3.8) is 0 Å². The highest BCUT2D eigenvalue weighted by molar-refractivity contribution is 9.10. The third-order valence-corrected chi connectivity index (χ3v) is 4.83. The van der Waals surface area contributed by atoms with Crippen molar-refractivity contribution in [2.24, 2.45) is 4.99 Å². The first kappa shape index (κ1) is 15.8. The van der Waals surface area contributed by atoms with E-state index in [0.717, 1.165) is 0 Å². The maximum Gasteiger partial charge on any atom is 0.335 e. The Bertz CT molecular complexity index is 833. The number of benzene rings is 1. The summed E-state index contributed by atoms with van der Waals surface area (Å²) in [5.41, 5.74) is 1.19. The van der Waals surface area contributed by atoms with Crippen LogP contribution in [0.1, 0.15) is 23.5 Å². The first-order chi connectivity index (χ1) is 11.0. The summed E-state index contributed by atoms with van der Waals surface area (Å²) in [6, 6.07) is 3.37. The van der Waals surface area contributed by atoms with E-state index in [0.29, 0.717) is 26.6 Å². The molecule has 0 bridgehead atoms. The van der Waals surface area contributed by atoms with E-state index in [1.165, 1.54) is 29.5 Å². The Morgan fingerprint density at radius 3 is 2.87 bits per heavy atom. The standard InChI is InChI=1S/C15H11BrFN3O2S/c1-7-11(15(21)22)12(9-3-2-8(17)6-10(9)16)20-13(19-7)14-18-4-5-23-14/h2-6,12H,1H3,(H,19,20)(H,21,22). The van der Waals surface area contributed by atoms with Crippen molar-refractivity contribution < 1.29 is 14.3 Å². The number of rotatable bonds is 3. The van der Waals surface area contributed by atoms with Gasteiger partial charge in [0.05, 0.1) is 5.57 Å². The van der Waals surface area contributed by atoms with Crippen LogP contribution in [-0.2, 0) is 4.79 Å². The quantitative estimate of drug-likeness (QED) is 0.833. The molecule has 0 fully saturated rings. The molecule has 1 aromatic carbocycles. The van der Waals surface area contributed by atoms with Gasteiger partial charge in [-0.3, -0.25) is 4.99 Å². The van der Waals surface area contributed by atoms with Crippen LogP contribution >= 0.6 is 27.3 Å². The molecule has 1 aliphatic heterocycles. The fourth-order valence-electron chi connectivity index (χ4n) is 2.35. The number of hydrogen-bond donors (Lipinski definition) is 2. The van der Waals surface area contributed by atoms with E-state index in [-0.39, 0.29) is 5.57 Å². The van der Waals surface area contributed by atoms with Crippen LogP contribution in [0.4, 0.5) is 4.39 Å². The molecule has 1 aromatic heterocycles. The minimum absolute atomic E-state index is 0.123. The van der Waals surface area contributed by atoms with Crippen molar-refractivity contribution in [1.82, 2.24) is 10.3 Å². The second kappa shape index (κ2) is 6.21. The third-order valence-electron chi connectivity index (χ3n) is 3.36. The number of halogens is 2. The van der Waals surface area contributed by atoms with Gasteiger partial charge in [-0.1, -0.05) is 22.0 Å². The highest BCUT2D eigenvalue weighted by Crippen LogP contribution is 2.36. The number of amidine groups is 1. The molecule has 0 aliphatic carbocycles. The summed E-state index contributed by atoms with van der Waals surface area (Å²) in [6.45, 7) is 1.68. The number of aliphatic imine (C=N–C) groups is 1. The molecular formula is C15H11BrFN3O2S. The molecule has 0 radical (unpaired) electrons. The van der Waals surface area contributed by atoms with Gasteiger partial charge in [-0.15, -0.1) is 11.3 Å². The summed E-state index contributed by atoms with van der Waals surface area (Å²) < 4.78 is 13.8. The van der Waals surface area contributed by atoms with Crippen molar-refractivity contribution in [3.05, 3.63) is 61.9 Å². The molecular weight excluding hydrogens is 385 g/mol. The molecule has 1 unspecified atom stereocenters. The van der Waals surface area contributed by atoms with Gasteiger partial charge in [0.1, 0.15) is 11.9 Å². The lowest BCUT2D eigenvalue weighted by atomic mass is 9.96. The summed E-state index contributed by atoms with van der Waals surface area (Å²) in [5.74, 6) is -0.974. The normalized spacial score (nSPS) is 17.7. The Labute approximate surface area is 143 Å². The highest BCUT2D eigenvalue weighted by atomic mass is 79.9. The summed E-state index contributed by atoms with van der Waals surface area (Å²) in [6.07, 6.45) is 1.65. The van der Waals surface area contributed by atoms with E-state index in [9.17, 15) is 14.3 Å². The number of nitrogens with zero attached hydrogens (tertiary/aromatic N) is 2.